The van der Waals surface area contributed by atoms with Crippen molar-refractivity contribution in [3.63, 3.8) is 0 Å². The second-order valence-corrected chi connectivity index (χ2v) is 7.75. The highest BCUT2D eigenvalue weighted by molar-refractivity contribution is 7.13. The molecule has 0 unspecified atom stereocenters. The van der Waals surface area contributed by atoms with Crippen LogP contribution in [0, 0.1) is 0 Å². The highest BCUT2D eigenvalue weighted by atomic mass is 32.1. The molecule has 1 N–H and O–H groups in total. The molecule has 0 saturated carbocycles. The highest BCUT2D eigenvalue weighted by Gasteiger charge is 2.08. The Morgan fingerprint density at radius 3 is 2.43 bits per heavy atom. The molecular formula is C23H25N3O3S. The van der Waals surface area contributed by atoms with Crippen molar-refractivity contribution < 1.29 is 14.3 Å². The maximum atomic E-state index is 11.5. The number of nitrogens with one attached hydrogen (secondary N) is 1. The van der Waals surface area contributed by atoms with Crippen molar-refractivity contribution in [3.05, 3.63) is 70.7 Å². The minimum atomic E-state index is -0.281. The largest absolute Gasteiger partial charge is 0.466 e. The van der Waals surface area contributed by atoms with Crippen molar-refractivity contribution in [2.24, 2.45) is 5.10 Å². The molecule has 0 saturated heterocycles. The van der Waals surface area contributed by atoms with Crippen LogP contribution in [0.15, 0.2) is 59.0 Å². The quantitative estimate of drug-likeness (QED) is 0.275. The summed E-state index contributed by atoms with van der Waals surface area (Å²) in [5, 5.41) is 6.63. The molecule has 2 aromatic carbocycles. The number of ether oxygens (including phenoxy) is 2. The number of hydrazone groups is 1. The van der Waals surface area contributed by atoms with E-state index >= 15 is 0 Å². The summed E-state index contributed by atoms with van der Waals surface area (Å²) in [6.45, 7) is 6.49. The minimum absolute atomic E-state index is 0.164. The molecule has 30 heavy (non-hydrogen) atoms. The van der Waals surface area contributed by atoms with Crippen LogP contribution < -0.4 is 10.2 Å². The van der Waals surface area contributed by atoms with Crippen LogP contribution in [-0.2, 0) is 16.0 Å². The van der Waals surface area contributed by atoms with Crippen molar-refractivity contribution >= 4 is 28.7 Å². The van der Waals surface area contributed by atoms with Gasteiger partial charge in [-0.05, 0) is 60.4 Å². The van der Waals surface area contributed by atoms with Crippen molar-refractivity contribution in [1.82, 2.24) is 4.98 Å². The first-order valence-corrected chi connectivity index (χ1v) is 10.7. The molecule has 0 spiro atoms. The van der Waals surface area contributed by atoms with E-state index in [1.165, 1.54) is 16.9 Å². The number of nitrogens with zero attached hydrogens (tertiary/aromatic N) is 2. The van der Waals surface area contributed by atoms with Gasteiger partial charge < -0.3 is 9.47 Å². The number of rotatable bonds is 9. The van der Waals surface area contributed by atoms with Crippen molar-refractivity contribution in [2.75, 3.05) is 12.0 Å². The lowest BCUT2D eigenvalue weighted by Gasteiger charge is -2.08. The average molecular weight is 424 g/mol. The summed E-state index contributed by atoms with van der Waals surface area (Å²) in [4.78, 5) is 15.8. The number of esters is 1. The molecule has 0 aliphatic carbocycles. The Morgan fingerprint density at radius 2 is 1.80 bits per heavy atom. The van der Waals surface area contributed by atoms with Gasteiger partial charge in [-0.1, -0.05) is 26.0 Å². The van der Waals surface area contributed by atoms with Gasteiger partial charge in [0.15, 0.2) is 0 Å². The molecule has 0 fully saturated rings. The van der Waals surface area contributed by atoms with Crippen LogP contribution in [0.1, 0.15) is 43.5 Å². The van der Waals surface area contributed by atoms with Gasteiger partial charge in [-0.25, -0.2) is 4.98 Å². The third kappa shape index (κ3) is 6.42. The number of carbonyl (C=O) groups excluding carboxylic acids is 1. The van der Waals surface area contributed by atoms with E-state index in [1.54, 1.807) is 13.1 Å². The summed E-state index contributed by atoms with van der Waals surface area (Å²) < 4.78 is 10.8. The number of thiazole rings is 1. The molecular weight excluding hydrogens is 398 g/mol. The van der Waals surface area contributed by atoms with Crippen LogP contribution in [0.5, 0.6) is 11.5 Å². The van der Waals surface area contributed by atoms with Crippen molar-refractivity contribution in [2.45, 2.75) is 33.1 Å². The van der Waals surface area contributed by atoms with Gasteiger partial charge in [-0.3, -0.25) is 10.2 Å². The summed E-state index contributed by atoms with van der Waals surface area (Å²) >= 11 is 1.39. The van der Waals surface area contributed by atoms with E-state index in [4.69, 9.17) is 9.47 Å². The fourth-order valence-electron chi connectivity index (χ4n) is 2.64. The number of benzene rings is 2. The van der Waals surface area contributed by atoms with E-state index in [0.717, 1.165) is 17.1 Å². The minimum Gasteiger partial charge on any atom is -0.466 e. The van der Waals surface area contributed by atoms with Gasteiger partial charge in [0.1, 0.15) is 11.5 Å². The lowest BCUT2D eigenvalue weighted by molar-refractivity contribution is -0.142. The number of hydrogen-bond acceptors (Lipinski definition) is 7. The Morgan fingerprint density at radius 1 is 1.13 bits per heavy atom. The normalized spacial score (nSPS) is 11.1. The molecule has 1 aromatic heterocycles. The zero-order valence-electron chi connectivity index (χ0n) is 17.3. The number of anilines is 1. The molecule has 1 heterocycles. The van der Waals surface area contributed by atoms with E-state index in [9.17, 15) is 4.79 Å². The van der Waals surface area contributed by atoms with Gasteiger partial charge in [-0.15, -0.1) is 11.3 Å². The fraction of sp³-hybridized carbons (Fsp3) is 0.261. The van der Waals surface area contributed by atoms with Crippen LogP contribution >= 0.6 is 11.3 Å². The first-order valence-electron chi connectivity index (χ1n) is 9.80. The molecule has 0 aliphatic rings. The summed E-state index contributed by atoms with van der Waals surface area (Å²) in [6, 6.07) is 15.8. The van der Waals surface area contributed by atoms with E-state index in [1.807, 2.05) is 41.8 Å². The lowest BCUT2D eigenvalue weighted by Crippen LogP contribution is -2.07. The topological polar surface area (TPSA) is 72.8 Å². The smallest absolute Gasteiger partial charge is 0.311 e. The summed E-state index contributed by atoms with van der Waals surface area (Å²) in [5.41, 5.74) is 5.76. The van der Waals surface area contributed by atoms with Crippen molar-refractivity contribution in [1.29, 1.82) is 0 Å². The summed E-state index contributed by atoms with van der Waals surface area (Å²) in [6.07, 6.45) is 1.87. The monoisotopic (exact) mass is 423 g/mol. The van der Waals surface area contributed by atoms with E-state index < -0.39 is 0 Å². The molecule has 0 bridgehead atoms. The van der Waals surface area contributed by atoms with Gasteiger partial charge in [0, 0.05) is 5.38 Å². The number of carbonyl (C=O) groups is 1. The molecule has 6 nitrogen and oxygen atoms in total. The third-order valence-electron chi connectivity index (χ3n) is 4.22. The van der Waals surface area contributed by atoms with Crippen LogP contribution in [0.4, 0.5) is 5.13 Å². The summed E-state index contributed by atoms with van der Waals surface area (Å²) in [7, 11) is 0. The lowest BCUT2D eigenvalue weighted by atomic mass is 10.0. The highest BCUT2D eigenvalue weighted by Crippen LogP contribution is 2.24. The molecule has 0 radical (unpaired) electrons. The zero-order chi connectivity index (χ0) is 21.3. The van der Waals surface area contributed by atoms with Crippen LogP contribution in [-0.4, -0.2) is 23.8 Å². The molecule has 0 aliphatic heterocycles. The first-order chi connectivity index (χ1) is 14.5. The Labute approximate surface area is 180 Å². The van der Waals surface area contributed by atoms with E-state index in [2.05, 4.69) is 41.5 Å². The Bertz CT molecular complexity index is 980. The van der Waals surface area contributed by atoms with E-state index in [-0.39, 0.29) is 12.4 Å². The fourth-order valence-corrected chi connectivity index (χ4v) is 3.30. The Balaban J connectivity index is 1.51. The molecule has 3 aromatic rings. The molecule has 7 heteroatoms. The standard InChI is InChI=1S/C23H25N3O3S/c1-4-28-22(27)13-19-15-30-23(25-19)26-24-14-17-5-9-20(10-6-17)29-21-11-7-18(8-12-21)16(2)3/h5-12,14-16H,4,13H2,1-3H3,(H,25,26). The van der Waals surface area contributed by atoms with Gasteiger partial charge in [0.2, 0.25) is 5.13 Å². The third-order valence-corrected chi connectivity index (χ3v) is 5.01. The number of hydrogen-bond donors (Lipinski definition) is 1. The molecule has 3 rings (SSSR count). The average Bonchev–Trinajstić information content (AvgIpc) is 3.17. The van der Waals surface area contributed by atoms with Crippen molar-refractivity contribution in [3.8, 4) is 11.5 Å². The van der Waals surface area contributed by atoms with Crippen LogP contribution in [0.25, 0.3) is 0 Å². The molecule has 0 amide bonds. The second-order valence-electron chi connectivity index (χ2n) is 6.89. The van der Waals surface area contributed by atoms with Crippen LogP contribution in [0.3, 0.4) is 0 Å². The first kappa shape index (κ1) is 21.5. The van der Waals surface area contributed by atoms with Gasteiger partial charge >= 0.3 is 5.97 Å². The van der Waals surface area contributed by atoms with Gasteiger partial charge in [-0.2, -0.15) is 5.10 Å². The van der Waals surface area contributed by atoms with Crippen LogP contribution in [0.2, 0.25) is 0 Å². The maximum absolute atomic E-state index is 11.5. The Kier molecular flexibility index (Phi) is 7.57. The van der Waals surface area contributed by atoms with Gasteiger partial charge in [0.25, 0.3) is 0 Å². The Hall–Kier alpha value is -3.19. The predicted molar refractivity (Wildman–Crippen MR) is 121 cm³/mol. The maximum Gasteiger partial charge on any atom is 0.311 e. The van der Waals surface area contributed by atoms with E-state index in [0.29, 0.717) is 23.4 Å². The predicted octanol–water partition coefficient (Wildman–Crippen LogP) is 5.61. The summed E-state index contributed by atoms with van der Waals surface area (Å²) in [5.74, 6) is 1.79. The zero-order valence-corrected chi connectivity index (χ0v) is 18.1. The van der Waals surface area contributed by atoms with Gasteiger partial charge in [0.05, 0.1) is 24.9 Å². The molecule has 156 valence electrons. The number of aromatic nitrogens is 1. The molecule has 0 atom stereocenters. The SMILES string of the molecule is CCOC(=O)Cc1csc(NN=Cc2ccc(Oc3ccc(C(C)C)cc3)cc2)n1. The second kappa shape index (κ2) is 10.5.